The quantitative estimate of drug-likeness (QED) is 0.600. The van der Waals surface area contributed by atoms with E-state index in [0.29, 0.717) is 33.9 Å². The highest BCUT2D eigenvalue weighted by molar-refractivity contribution is 6.22. The van der Waals surface area contributed by atoms with Crippen molar-refractivity contribution in [1.82, 2.24) is 0 Å². The Morgan fingerprint density at radius 3 is 2.46 bits per heavy atom. The number of rotatable bonds is 2. The zero-order valence-corrected chi connectivity index (χ0v) is 13.6. The van der Waals surface area contributed by atoms with Gasteiger partial charge >= 0.3 is 0 Å². The zero-order valence-electron chi connectivity index (χ0n) is 13.6. The van der Waals surface area contributed by atoms with Gasteiger partial charge in [-0.15, -0.1) is 0 Å². The Morgan fingerprint density at radius 2 is 1.58 bits per heavy atom. The Kier molecular flexibility index (Phi) is 3.09. The Labute approximate surface area is 149 Å². The first-order chi connectivity index (χ1) is 12.7. The second-order valence-corrected chi connectivity index (χ2v) is 6.16. The summed E-state index contributed by atoms with van der Waals surface area (Å²) in [6, 6.07) is 18.0. The smallest absolute Gasteiger partial charge is 0.255 e. The van der Waals surface area contributed by atoms with E-state index in [0.717, 1.165) is 11.1 Å². The molecule has 1 aliphatic heterocycles. The lowest BCUT2D eigenvalue weighted by molar-refractivity contribution is 0.102. The molecule has 1 N–H and O–H groups in total. The summed E-state index contributed by atoms with van der Waals surface area (Å²) in [7, 11) is 0. The van der Waals surface area contributed by atoms with Crippen LogP contribution in [0.25, 0.3) is 11.1 Å². The van der Waals surface area contributed by atoms with Crippen molar-refractivity contribution < 1.29 is 19.1 Å². The van der Waals surface area contributed by atoms with Crippen LogP contribution in [0.4, 0.5) is 5.69 Å². The molecule has 26 heavy (non-hydrogen) atoms. The first-order valence-electron chi connectivity index (χ1n) is 8.20. The van der Waals surface area contributed by atoms with Crippen molar-refractivity contribution in [2.45, 2.75) is 0 Å². The average molecular weight is 343 g/mol. The molecule has 1 heterocycles. The van der Waals surface area contributed by atoms with Gasteiger partial charge in [-0.2, -0.15) is 0 Å². The number of hydrogen-bond acceptors (Lipinski definition) is 4. The lowest BCUT2D eigenvalue weighted by atomic mass is 10.1. The van der Waals surface area contributed by atoms with Crippen molar-refractivity contribution in [3.05, 3.63) is 77.4 Å². The van der Waals surface area contributed by atoms with Crippen LogP contribution in [0.1, 0.15) is 26.3 Å². The summed E-state index contributed by atoms with van der Waals surface area (Å²) in [6.07, 6.45) is 0. The van der Waals surface area contributed by atoms with E-state index < -0.39 is 0 Å². The summed E-state index contributed by atoms with van der Waals surface area (Å²) in [5, 5.41) is 2.84. The number of nitrogens with one attached hydrogen (secondary N) is 1. The van der Waals surface area contributed by atoms with E-state index in [1.54, 1.807) is 30.3 Å². The first-order valence-corrected chi connectivity index (χ1v) is 8.20. The molecule has 2 aliphatic rings. The van der Waals surface area contributed by atoms with Crippen LogP contribution in [-0.4, -0.2) is 18.5 Å². The van der Waals surface area contributed by atoms with Crippen LogP contribution < -0.4 is 14.8 Å². The van der Waals surface area contributed by atoms with Crippen LogP contribution in [0.5, 0.6) is 11.5 Å². The summed E-state index contributed by atoms with van der Waals surface area (Å²) in [4.78, 5) is 25.1. The molecule has 5 heteroatoms. The lowest BCUT2D eigenvalue weighted by Crippen LogP contribution is -2.12. The molecule has 0 unspecified atom stereocenters. The second-order valence-electron chi connectivity index (χ2n) is 6.16. The minimum atomic E-state index is -0.272. The van der Waals surface area contributed by atoms with Gasteiger partial charge in [-0.1, -0.05) is 30.3 Å². The molecule has 0 fully saturated rings. The number of amides is 1. The van der Waals surface area contributed by atoms with Gasteiger partial charge in [-0.25, -0.2) is 0 Å². The van der Waals surface area contributed by atoms with E-state index in [1.807, 2.05) is 30.3 Å². The molecule has 0 saturated heterocycles. The molecule has 5 nitrogen and oxygen atoms in total. The van der Waals surface area contributed by atoms with Gasteiger partial charge in [0.2, 0.25) is 6.79 Å². The third-order valence-corrected chi connectivity index (χ3v) is 4.62. The maximum atomic E-state index is 12.6. The van der Waals surface area contributed by atoms with E-state index in [4.69, 9.17) is 9.47 Å². The van der Waals surface area contributed by atoms with Crippen LogP contribution in [0.15, 0.2) is 60.7 Å². The molecule has 1 amide bonds. The van der Waals surface area contributed by atoms with Gasteiger partial charge in [-0.05, 0) is 41.5 Å². The molecule has 1 aliphatic carbocycles. The minimum Gasteiger partial charge on any atom is -0.454 e. The molecular weight excluding hydrogens is 330 g/mol. The normalized spacial score (nSPS) is 13.3. The van der Waals surface area contributed by atoms with Gasteiger partial charge in [0, 0.05) is 22.4 Å². The van der Waals surface area contributed by atoms with E-state index in [9.17, 15) is 9.59 Å². The monoisotopic (exact) mass is 343 g/mol. The van der Waals surface area contributed by atoms with E-state index in [2.05, 4.69) is 5.32 Å². The molecule has 3 aromatic carbocycles. The van der Waals surface area contributed by atoms with Crippen LogP contribution >= 0.6 is 0 Å². The fraction of sp³-hybridized carbons (Fsp3) is 0.0476. The molecule has 0 spiro atoms. The van der Waals surface area contributed by atoms with Crippen molar-refractivity contribution in [3.8, 4) is 22.6 Å². The summed E-state index contributed by atoms with van der Waals surface area (Å²) < 4.78 is 10.6. The molecule has 0 bridgehead atoms. The van der Waals surface area contributed by atoms with E-state index in [1.165, 1.54) is 0 Å². The number of carbonyl (C=O) groups is 2. The van der Waals surface area contributed by atoms with Crippen LogP contribution in [-0.2, 0) is 0 Å². The predicted molar refractivity (Wildman–Crippen MR) is 95.8 cm³/mol. The Morgan fingerprint density at radius 1 is 0.808 bits per heavy atom. The minimum absolute atomic E-state index is 0.0187. The standard InChI is InChI=1S/C21H13NO4/c23-20-16-4-2-1-3-14(16)15-7-6-13(10-17(15)20)22-21(24)12-5-8-18-19(9-12)26-11-25-18/h1-10H,11H2,(H,22,24). The summed E-state index contributed by atoms with van der Waals surface area (Å²) >= 11 is 0. The highest BCUT2D eigenvalue weighted by atomic mass is 16.7. The van der Waals surface area contributed by atoms with E-state index >= 15 is 0 Å². The van der Waals surface area contributed by atoms with Gasteiger partial charge in [0.15, 0.2) is 17.3 Å². The topological polar surface area (TPSA) is 64.6 Å². The van der Waals surface area contributed by atoms with Crippen molar-refractivity contribution in [2.24, 2.45) is 0 Å². The van der Waals surface area contributed by atoms with Crippen LogP contribution in [0.2, 0.25) is 0 Å². The summed E-state index contributed by atoms with van der Waals surface area (Å²) in [5.41, 5.74) is 4.17. The van der Waals surface area contributed by atoms with Gasteiger partial charge in [0.05, 0.1) is 0 Å². The Hall–Kier alpha value is -3.60. The van der Waals surface area contributed by atoms with Gasteiger partial charge < -0.3 is 14.8 Å². The van der Waals surface area contributed by atoms with Crippen LogP contribution in [0, 0.1) is 0 Å². The highest BCUT2D eigenvalue weighted by Gasteiger charge is 2.26. The molecule has 3 aromatic rings. The Balaban J connectivity index is 1.44. The second kappa shape index (κ2) is 5.46. The molecule has 0 radical (unpaired) electrons. The number of ketones is 1. The average Bonchev–Trinajstić information content (AvgIpc) is 3.25. The number of ether oxygens (including phenoxy) is 2. The maximum absolute atomic E-state index is 12.6. The first kappa shape index (κ1) is 14.7. The SMILES string of the molecule is O=C(Nc1ccc2c(c1)C(=O)c1ccccc1-2)c1ccc2c(c1)OCO2. The summed E-state index contributed by atoms with van der Waals surface area (Å²) in [6.45, 7) is 0.161. The fourth-order valence-electron chi connectivity index (χ4n) is 3.35. The molecule has 0 atom stereocenters. The number of hydrogen-bond donors (Lipinski definition) is 1. The number of fused-ring (bicyclic) bond motifs is 4. The molecule has 0 aromatic heterocycles. The fourth-order valence-corrected chi connectivity index (χ4v) is 3.35. The number of benzene rings is 3. The third kappa shape index (κ3) is 2.18. The van der Waals surface area contributed by atoms with Gasteiger partial charge in [0.25, 0.3) is 5.91 Å². The number of carbonyl (C=O) groups excluding carboxylic acids is 2. The largest absolute Gasteiger partial charge is 0.454 e. The van der Waals surface area contributed by atoms with E-state index in [-0.39, 0.29) is 18.5 Å². The van der Waals surface area contributed by atoms with Crippen molar-refractivity contribution in [3.63, 3.8) is 0 Å². The molecular formula is C21H13NO4. The maximum Gasteiger partial charge on any atom is 0.255 e. The summed E-state index contributed by atoms with van der Waals surface area (Å²) in [5.74, 6) is 0.890. The number of anilines is 1. The van der Waals surface area contributed by atoms with Crippen molar-refractivity contribution >= 4 is 17.4 Å². The van der Waals surface area contributed by atoms with Crippen molar-refractivity contribution in [2.75, 3.05) is 12.1 Å². The predicted octanol–water partition coefficient (Wildman–Crippen LogP) is 3.88. The zero-order chi connectivity index (χ0) is 17.7. The highest BCUT2D eigenvalue weighted by Crippen LogP contribution is 2.38. The molecule has 5 rings (SSSR count). The molecule has 126 valence electrons. The van der Waals surface area contributed by atoms with Crippen LogP contribution in [0.3, 0.4) is 0 Å². The van der Waals surface area contributed by atoms with Gasteiger partial charge in [-0.3, -0.25) is 9.59 Å². The molecule has 0 saturated carbocycles. The Bertz CT molecular complexity index is 1090. The van der Waals surface area contributed by atoms with Gasteiger partial charge in [0.1, 0.15) is 0 Å². The lowest BCUT2D eigenvalue weighted by Gasteiger charge is -2.08. The van der Waals surface area contributed by atoms with Crippen molar-refractivity contribution in [1.29, 1.82) is 0 Å². The third-order valence-electron chi connectivity index (χ3n) is 4.62.